The van der Waals surface area contributed by atoms with Crippen LogP contribution in [0, 0.1) is 0 Å². The number of Topliss-reactive ketones (excluding diaryl/α,β-unsaturated/α-hetero) is 1. The summed E-state index contributed by atoms with van der Waals surface area (Å²) in [5.74, 6) is 1.28. The quantitative estimate of drug-likeness (QED) is 0.525. The molecule has 0 atom stereocenters. The molecule has 0 amide bonds. The van der Waals surface area contributed by atoms with Gasteiger partial charge >= 0.3 is 0 Å². The molecule has 1 N–H and O–H groups in total. The van der Waals surface area contributed by atoms with Gasteiger partial charge in [-0.2, -0.15) is 8.42 Å². The van der Waals surface area contributed by atoms with Gasteiger partial charge in [-0.3, -0.25) is 14.2 Å². The molecule has 8 nitrogen and oxygen atoms in total. The van der Waals surface area contributed by atoms with Crippen LogP contribution in [0.4, 0.5) is 5.82 Å². The maximum absolute atomic E-state index is 12.9. The molecule has 194 valence electrons. The molecule has 36 heavy (non-hydrogen) atoms. The highest BCUT2D eigenvalue weighted by molar-refractivity contribution is 7.85. The van der Waals surface area contributed by atoms with Gasteiger partial charge in [0.1, 0.15) is 0 Å². The highest BCUT2D eigenvalue weighted by Gasteiger charge is 2.50. The van der Waals surface area contributed by atoms with E-state index in [4.69, 9.17) is 9.08 Å². The van der Waals surface area contributed by atoms with Crippen LogP contribution in [0.1, 0.15) is 44.4 Å². The zero-order valence-corrected chi connectivity index (χ0v) is 22.4. The lowest BCUT2D eigenvalue weighted by molar-refractivity contribution is -0.126. The Labute approximate surface area is 213 Å². The molecule has 2 aromatic carbocycles. The maximum Gasteiger partial charge on any atom is 0.261 e. The van der Waals surface area contributed by atoms with E-state index < -0.39 is 15.5 Å². The number of piperazine rings is 1. The highest BCUT2D eigenvalue weighted by Crippen LogP contribution is 2.46. The number of carbonyl (C=O) groups is 1. The molecule has 1 aliphatic carbocycles. The number of rotatable bonds is 4. The van der Waals surface area contributed by atoms with Gasteiger partial charge in [-0.15, -0.1) is 0 Å². The van der Waals surface area contributed by atoms with E-state index >= 15 is 0 Å². The Morgan fingerprint density at radius 1 is 0.972 bits per heavy atom. The molecule has 1 fully saturated rings. The molecule has 0 unspecified atom stereocenters. The van der Waals surface area contributed by atoms with E-state index in [1.54, 1.807) is 0 Å². The maximum atomic E-state index is 12.9. The fourth-order valence-corrected chi connectivity index (χ4v) is 5.41. The van der Waals surface area contributed by atoms with Crippen molar-refractivity contribution in [1.29, 1.82) is 0 Å². The Bertz CT molecular complexity index is 1360. The largest absolute Gasteiger partial charge is 0.354 e. The average molecular weight is 514 g/mol. The van der Waals surface area contributed by atoms with Crippen molar-refractivity contribution in [1.82, 2.24) is 10.1 Å². The van der Waals surface area contributed by atoms with Gasteiger partial charge in [-0.1, -0.05) is 35.5 Å². The molecule has 0 radical (unpaired) electrons. The molecule has 0 saturated carbocycles. The number of hydrogen-bond acceptors (Lipinski definition) is 7. The van der Waals surface area contributed by atoms with Crippen LogP contribution >= 0.6 is 0 Å². The number of nitrogens with zero attached hydrogens (tertiary/aromatic N) is 3. The first-order valence-electron chi connectivity index (χ1n) is 12.2. The number of anilines is 1. The van der Waals surface area contributed by atoms with Crippen LogP contribution in [0.5, 0.6) is 0 Å². The molecule has 0 spiro atoms. The summed E-state index contributed by atoms with van der Waals surface area (Å²) in [7, 11) is -3.67. The Hall–Kier alpha value is -2.75. The first-order chi connectivity index (χ1) is 16.8. The van der Waals surface area contributed by atoms with Crippen LogP contribution in [-0.2, 0) is 32.2 Å². The number of benzene rings is 2. The smallest absolute Gasteiger partial charge is 0.261 e. The lowest BCUT2D eigenvalue weighted by Crippen LogP contribution is -2.47. The van der Waals surface area contributed by atoms with E-state index in [0.29, 0.717) is 12.0 Å². The molecule has 9 heteroatoms. The van der Waals surface area contributed by atoms with Crippen LogP contribution in [0.25, 0.3) is 11.0 Å². The van der Waals surface area contributed by atoms with Crippen molar-refractivity contribution in [2.24, 2.45) is 0 Å². The summed E-state index contributed by atoms with van der Waals surface area (Å²) in [6.45, 7) is 13.2. The monoisotopic (exact) mass is 513 g/mol. The molecule has 2 heterocycles. The lowest BCUT2D eigenvalue weighted by Gasteiger charge is -2.34. The van der Waals surface area contributed by atoms with Crippen molar-refractivity contribution in [3.8, 4) is 0 Å². The van der Waals surface area contributed by atoms with Crippen LogP contribution in [0.3, 0.4) is 0 Å². The van der Waals surface area contributed by atoms with Crippen molar-refractivity contribution in [2.45, 2.75) is 44.9 Å². The zero-order valence-electron chi connectivity index (χ0n) is 21.6. The fraction of sp³-hybridized carbons (Fsp3) is 0.481. The van der Waals surface area contributed by atoms with Gasteiger partial charge in [-0.05, 0) is 62.9 Å². The van der Waals surface area contributed by atoms with Crippen LogP contribution in [0.2, 0.25) is 0 Å². The minimum Gasteiger partial charge on any atom is -0.354 e. The zero-order chi connectivity index (χ0) is 26.3. The van der Waals surface area contributed by atoms with Crippen LogP contribution < -0.4 is 4.90 Å². The van der Waals surface area contributed by atoms with Gasteiger partial charge in [-0.25, -0.2) is 0 Å². The summed E-state index contributed by atoms with van der Waals surface area (Å²) < 4.78 is 31.3. The molecule has 3 aromatic rings. The average Bonchev–Trinajstić information content (AvgIpc) is 3.30. The number of fused-ring (bicyclic) bond motifs is 2. The Balaban J connectivity index is 0.000000556. The van der Waals surface area contributed by atoms with Crippen molar-refractivity contribution in [2.75, 3.05) is 43.9 Å². The second kappa shape index (κ2) is 9.61. The van der Waals surface area contributed by atoms with Crippen molar-refractivity contribution in [3.63, 3.8) is 0 Å². The Morgan fingerprint density at radius 2 is 1.58 bits per heavy atom. The van der Waals surface area contributed by atoms with Crippen molar-refractivity contribution in [3.05, 3.63) is 59.2 Å². The molecule has 0 bridgehead atoms. The molecular formula is C27H35N3O5S. The predicted molar refractivity (Wildman–Crippen MR) is 141 cm³/mol. The van der Waals surface area contributed by atoms with E-state index in [0.717, 1.165) is 55.9 Å². The SMILES string of the molecule is CC1(C)C(=O)C(C)(C)c2cc(CCN3CCN(c4noc5ccccc45)CC3)ccc21.CS(=O)(=O)O. The third-order valence-corrected chi connectivity index (χ3v) is 7.31. The normalized spacial score (nSPS) is 19.2. The molecule has 1 saturated heterocycles. The van der Waals surface area contributed by atoms with E-state index in [1.807, 2.05) is 18.2 Å². The van der Waals surface area contributed by atoms with Gasteiger partial charge in [0.05, 0.1) is 11.6 Å². The van der Waals surface area contributed by atoms with Crippen LogP contribution in [-0.4, -0.2) is 67.8 Å². The molecule has 2 aliphatic rings. The molecule has 1 aromatic heterocycles. The van der Waals surface area contributed by atoms with Gasteiger partial charge in [0.25, 0.3) is 10.1 Å². The van der Waals surface area contributed by atoms with Crippen molar-refractivity contribution < 1.29 is 22.3 Å². The molecule has 1 aliphatic heterocycles. The van der Waals surface area contributed by atoms with Crippen LogP contribution in [0.15, 0.2) is 47.0 Å². The topological polar surface area (TPSA) is 104 Å². The second-order valence-corrected chi connectivity index (χ2v) is 12.2. The minimum absolute atomic E-state index is 0.323. The molecular weight excluding hydrogens is 478 g/mol. The highest BCUT2D eigenvalue weighted by atomic mass is 32.2. The van der Waals surface area contributed by atoms with Gasteiger partial charge in [0.2, 0.25) is 0 Å². The van der Waals surface area contributed by atoms with Gasteiger partial charge in [0, 0.05) is 43.6 Å². The summed E-state index contributed by atoms with van der Waals surface area (Å²) >= 11 is 0. The predicted octanol–water partition coefficient (Wildman–Crippen LogP) is 3.83. The Kier molecular flexibility index (Phi) is 7.02. The standard InChI is InChI=1S/C26H31N3O2.CH4O3S/c1-25(2)20-10-9-18(17-21(20)26(3,4)24(25)30)11-12-28-13-15-29(16-14-28)23-19-7-5-6-8-22(19)31-27-23;1-5(2,3)4/h5-10,17H,11-16H2,1-4H3;1H3,(H,2,3,4). The number of hydrogen-bond donors (Lipinski definition) is 1. The van der Waals surface area contributed by atoms with E-state index in [1.165, 1.54) is 16.7 Å². The minimum atomic E-state index is -3.67. The third kappa shape index (κ3) is 5.33. The summed E-state index contributed by atoms with van der Waals surface area (Å²) in [6.07, 6.45) is 1.72. The lowest BCUT2D eigenvalue weighted by atomic mass is 9.80. The Morgan fingerprint density at radius 3 is 2.25 bits per heavy atom. The summed E-state index contributed by atoms with van der Waals surface area (Å²) in [4.78, 5) is 17.8. The first-order valence-corrected chi connectivity index (χ1v) is 14.1. The summed E-state index contributed by atoms with van der Waals surface area (Å²) in [5, 5.41) is 5.40. The number of ketones is 1. The first kappa shape index (κ1) is 26.3. The summed E-state index contributed by atoms with van der Waals surface area (Å²) in [6, 6.07) is 14.7. The van der Waals surface area contributed by atoms with Crippen molar-refractivity contribution >= 4 is 32.7 Å². The second-order valence-electron chi connectivity index (χ2n) is 10.8. The van der Waals surface area contributed by atoms with E-state index in [9.17, 15) is 13.2 Å². The van der Waals surface area contributed by atoms with Gasteiger partial charge < -0.3 is 9.42 Å². The number of aromatic nitrogens is 1. The summed E-state index contributed by atoms with van der Waals surface area (Å²) in [5.41, 5.74) is 3.78. The third-order valence-electron chi connectivity index (χ3n) is 7.31. The fourth-order valence-electron chi connectivity index (χ4n) is 5.41. The number of para-hydroxylation sites is 1. The number of carbonyl (C=O) groups excluding carboxylic acids is 1. The van der Waals surface area contributed by atoms with Gasteiger partial charge in [0.15, 0.2) is 17.2 Å². The van der Waals surface area contributed by atoms with E-state index in [2.05, 4.69) is 66.9 Å². The van der Waals surface area contributed by atoms with E-state index in [-0.39, 0.29) is 5.41 Å². The molecule has 5 rings (SSSR count).